The van der Waals surface area contributed by atoms with E-state index in [1.54, 1.807) is 18.2 Å². The van der Waals surface area contributed by atoms with Gasteiger partial charge >= 0.3 is 0 Å². The minimum atomic E-state index is -0.278. The van der Waals surface area contributed by atoms with E-state index in [2.05, 4.69) is 16.0 Å². The standard InChI is InChI=1S/C22H25N3O2S/c1-15-9-5-6-12-17(15)20(26)25-22(28)24-19-14-8-7-13-18(19)21(27)23-16-10-3-2-4-11-16/h5-9,12-14,16H,2-4,10-11H2,1H3,(H,23,27)(H2,24,25,26,28). The van der Waals surface area contributed by atoms with E-state index >= 15 is 0 Å². The van der Waals surface area contributed by atoms with Crippen molar-refractivity contribution in [3.05, 3.63) is 65.2 Å². The number of anilines is 1. The van der Waals surface area contributed by atoms with Crippen LogP contribution in [0, 0.1) is 6.92 Å². The van der Waals surface area contributed by atoms with Gasteiger partial charge in [0.15, 0.2) is 5.11 Å². The maximum atomic E-state index is 12.7. The minimum absolute atomic E-state index is 0.122. The van der Waals surface area contributed by atoms with E-state index in [-0.39, 0.29) is 23.0 Å². The zero-order valence-corrected chi connectivity index (χ0v) is 16.8. The molecular weight excluding hydrogens is 370 g/mol. The van der Waals surface area contributed by atoms with Crippen molar-refractivity contribution in [1.82, 2.24) is 10.6 Å². The van der Waals surface area contributed by atoms with E-state index in [9.17, 15) is 9.59 Å². The number of benzene rings is 2. The second-order valence-corrected chi connectivity index (χ2v) is 7.49. The van der Waals surface area contributed by atoms with Crippen LogP contribution in [-0.2, 0) is 0 Å². The van der Waals surface area contributed by atoms with Gasteiger partial charge in [0.2, 0.25) is 0 Å². The Kier molecular flexibility index (Phi) is 6.76. The quantitative estimate of drug-likeness (QED) is 0.679. The third-order valence-corrected chi connectivity index (χ3v) is 5.18. The van der Waals surface area contributed by atoms with Crippen LogP contribution >= 0.6 is 12.2 Å². The van der Waals surface area contributed by atoms with Crippen molar-refractivity contribution in [3.63, 3.8) is 0 Å². The first-order chi connectivity index (χ1) is 13.5. The van der Waals surface area contributed by atoms with Gasteiger partial charge in [0.05, 0.1) is 11.3 Å². The third kappa shape index (κ3) is 5.16. The number of hydrogen-bond acceptors (Lipinski definition) is 3. The summed E-state index contributed by atoms with van der Waals surface area (Å²) in [4.78, 5) is 25.2. The van der Waals surface area contributed by atoms with E-state index < -0.39 is 0 Å². The molecule has 6 heteroatoms. The lowest BCUT2D eigenvalue weighted by molar-refractivity contribution is 0.0927. The van der Waals surface area contributed by atoms with Crippen molar-refractivity contribution in [2.45, 2.75) is 45.1 Å². The second-order valence-electron chi connectivity index (χ2n) is 7.08. The highest BCUT2D eigenvalue weighted by molar-refractivity contribution is 7.80. The molecule has 146 valence electrons. The summed E-state index contributed by atoms with van der Waals surface area (Å²) in [5.74, 6) is -0.400. The smallest absolute Gasteiger partial charge is 0.257 e. The molecule has 0 atom stereocenters. The SMILES string of the molecule is Cc1ccccc1C(=O)NC(=S)Nc1ccccc1C(=O)NC1CCCCC1. The van der Waals surface area contributed by atoms with E-state index in [1.807, 2.05) is 37.3 Å². The fraction of sp³-hybridized carbons (Fsp3) is 0.318. The third-order valence-electron chi connectivity index (χ3n) is 4.98. The Hall–Kier alpha value is -2.73. The molecule has 0 spiro atoms. The lowest BCUT2D eigenvalue weighted by Gasteiger charge is -2.23. The molecule has 0 bridgehead atoms. The summed E-state index contributed by atoms with van der Waals surface area (Å²) in [5, 5.41) is 8.94. The van der Waals surface area contributed by atoms with Gasteiger partial charge in [-0.2, -0.15) is 0 Å². The Morgan fingerprint density at radius 1 is 0.893 bits per heavy atom. The molecule has 2 amide bonds. The maximum Gasteiger partial charge on any atom is 0.257 e. The predicted octanol–water partition coefficient (Wildman–Crippen LogP) is 4.18. The van der Waals surface area contributed by atoms with Crippen LogP contribution in [0.25, 0.3) is 0 Å². The Balaban J connectivity index is 1.65. The van der Waals surface area contributed by atoms with E-state index in [0.29, 0.717) is 16.8 Å². The summed E-state index contributed by atoms with van der Waals surface area (Å²) in [7, 11) is 0. The van der Waals surface area contributed by atoms with E-state index in [0.717, 1.165) is 31.2 Å². The maximum absolute atomic E-state index is 12.7. The Morgan fingerprint density at radius 2 is 1.54 bits per heavy atom. The van der Waals surface area contributed by atoms with Gasteiger partial charge in [0.25, 0.3) is 11.8 Å². The van der Waals surface area contributed by atoms with E-state index in [4.69, 9.17) is 12.2 Å². The molecule has 0 heterocycles. The predicted molar refractivity (Wildman–Crippen MR) is 116 cm³/mol. The van der Waals surface area contributed by atoms with Gasteiger partial charge in [-0.15, -0.1) is 0 Å². The Bertz CT molecular complexity index is 876. The fourth-order valence-corrected chi connectivity index (χ4v) is 3.65. The Morgan fingerprint density at radius 3 is 2.25 bits per heavy atom. The van der Waals surface area contributed by atoms with E-state index in [1.165, 1.54) is 6.42 Å². The van der Waals surface area contributed by atoms with Crippen molar-refractivity contribution in [1.29, 1.82) is 0 Å². The summed E-state index contributed by atoms with van der Waals surface area (Å²) in [6.07, 6.45) is 5.58. The van der Waals surface area contributed by atoms with Crippen LogP contribution in [0.2, 0.25) is 0 Å². The zero-order chi connectivity index (χ0) is 19.9. The first-order valence-corrected chi connectivity index (χ1v) is 10.0. The number of rotatable bonds is 4. The minimum Gasteiger partial charge on any atom is -0.349 e. The summed E-state index contributed by atoms with van der Waals surface area (Å²) in [6, 6.07) is 14.7. The van der Waals surface area contributed by atoms with Crippen LogP contribution in [0.5, 0.6) is 0 Å². The molecule has 1 saturated carbocycles. The van der Waals surface area contributed by atoms with Crippen LogP contribution in [0.3, 0.4) is 0 Å². The number of aryl methyl sites for hydroxylation is 1. The van der Waals surface area contributed by atoms with Gasteiger partial charge in [-0.05, 0) is 55.7 Å². The molecule has 1 aliphatic carbocycles. The van der Waals surface area contributed by atoms with Crippen molar-refractivity contribution < 1.29 is 9.59 Å². The van der Waals surface area contributed by atoms with Gasteiger partial charge in [0.1, 0.15) is 0 Å². The first kappa shape index (κ1) is 20.0. The van der Waals surface area contributed by atoms with Gasteiger partial charge in [-0.3, -0.25) is 14.9 Å². The monoisotopic (exact) mass is 395 g/mol. The number of carbonyl (C=O) groups is 2. The van der Waals surface area contributed by atoms with Gasteiger partial charge < -0.3 is 10.6 Å². The molecule has 3 rings (SSSR count). The van der Waals surface area contributed by atoms with Gasteiger partial charge in [0, 0.05) is 11.6 Å². The number of para-hydroxylation sites is 1. The number of thiocarbonyl (C=S) groups is 1. The lowest BCUT2D eigenvalue weighted by Crippen LogP contribution is -2.38. The first-order valence-electron chi connectivity index (χ1n) is 9.62. The molecule has 1 aliphatic rings. The average Bonchev–Trinajstić information content (AvgIpc) is 2.69. The normalized spacial score (nSPS) is 14.2. The molecule has 0 unspecified atom stereocenters. The molecule has 0 radical (unpaired) electrons. The highest BCUT2D eigenvalue weighted by Gasteiger charge is 2.19. The molecule has 0 aromatic heterocycles. The lowest BCUT2D eigenvalue weighted by atomic mass is 9.95. The molecule has 3 N–H and O–H groups in total. The summed E-state index contributed by atoms with van der Waals surface area (Å²) in [6.45, 7) is 1.87. The summed E-state index contributed by atoms with van der Waals surface area (Å²) < 4.78 is 0. The zero-order valence-electron chi connectivity index (χ0n) is 16.0. The number of carbonyl (C=O) groups excluding carboxylic acids is 2. The largest absolute Gasteiger partial charge is 0.349 e. The highest BCUT2D eigenvalue weighted by Crippen LogP contribution is 2.20. The topological polar surface area (TPSA) is 70.2 Å². The molecular formula is C22H25N3O2S. The van der Waals surface area contributed by atoms with Crippen LogP contribution < -0.4 is 16.0 Å². The Labute approximate surface area is 170 Å². The van der Waals surface area contributed by atoms with Gasteiger partial charge in [-0.25, -0.2) is 0 Å². The fourth-order valence-electron chi connectivity index (χ4n) is 3.45. The number of amides is 2. The molecule has 1 fully saturated rings. The van der Waals surface area contributed by atoms with Crippen molar-refractivity contribution in [2.24, 2.45) is 0 Å². The average molecular weight is 396 g/mol. The molecule has 2 aromatic carbocycles. The van der Waals surface area contributed by atoms with Crippen molar-refractivity contribution in [3.8, 4) is 0 Å². The number of nitrogens with one attached hydrogen (secondary N) is 3. The van der Waals surface area contributed by atoms with Crippen LogP contribution in [-0.4, -0.2) is 23.0 Å². The van der Waals surface area contributed by atoms with Crippen molar-refractivity contribution >= 4 is 34.8 Å². The summed E-state index contributed by atoms with van der Waals surface area (Å²) in [5.41, 5.74) is 2.52. The van der Waals surface area contributed by atoms with Crippen LogP contribution in [0.1, 0.15) is 58.4 Å². The molecule has 2 aromatic rings. The highest BCUT2D eigenvalue weighted by atomic mass is 32.1. The van der Waals surface area contributed by atoms with Crippen molar-refractivity contribution in [2.75, 3.05) is 5.32 Å². The molecule has 5 nitrogen and oxygen atoms in total. The summed E-state index contributed by atoms with van der Waals surface area (Å²) >= 11 is 5.29. The molecule has 28 heavy (non-hydrogen) atoms. The van der Waals surface area contributed by atoms with Gasteiger partial charge in [-0.1, -0.05) is 49.6 Å². The number of hydrogen-bond donors (Lipinski definition) is 3. The second kappa shape index (κ2) is 9.46. The molecule has 0 saturated heterocycles. The molecule has 0 aliphatic heterocycles. The van der Waals surface area contributed by atoms with Crippen LogP contribution in [0.15, 0.2) is 48.5 Å². The van der Waals surface area contributed by atoms with Crippen LogP contribution in [0.4, 0.5) is 5.69 Å².